The molecular formula is C21H20N8O. The predicted octanol–water partition coefficient (Wildman–Crippen LogP) is 2.30. The molecule has 1 aliphatic heterocycles. The van der Waals surface area contributed by atoms with E-state index in [0.717, 1.165) is 35.6 Å². The lowest BCUT2D eigenvalue weighted by Gasteiger charge is -2.30. The van der Waals surface area contributed by atoms with E-state index in [9.17, 15) is 4.79 Å². The van der Waals surface area contributed by atoms with Crippen LogP contribution >= 0.6 is 0 Å². The topological polar surface area (TPSA) is 102 Å². The van der Waals surface area contributed by atoms with Crippen LogP contribution in [0.1, 0.15) is 40.8 Å². The van der Waals surface area contributed by atoms with Crippen LogP contribution in [0.4, 0.5) is 0 Å². The number of carbonyl (C=O) groups is 1. The first-order chi connectivity index (χ1) is 14.7. The van der Waals surface area contributed by atoms with Gasteiger partial charge in [-0.2, -0.15) is 9.61 Å². The molecular weight excluding hydrogens is 380 g/mol. The fraction of sp³-hybridized carbons (Fsp3) is 0.286. The average Bonchev–Trinajstić information content (AvgIpc) is 3.23. The maximum atomic E-state index is 12.7. The number of pyridine rings is 1. The van der Waals surface area contributed by atoms with E-state index in [1.54, 1.807) is 24.8 Å². The number of piperidine rings is 1. The summed E-state index contributed by atoms with van der Waals surface area (Å²) >= 11 is 0. The molecule has 5 rings (SSSR count). The Hall–Kier alpha value is -3.75. The van der Waals surface area contributed by atoms with Gasteiger partial charge >= 0.3 is 0 Å². The SMILES string of the molecule is Cc1cnc(C(=O)N2CCC(c3nnc4ccc(-c5cccnc5)nn34)CC2)cn1. The van der Waals surface area contributed by atoms with Crippen LogP contribution in [0.5, 0.6) is 0 Å². The van der Waals surface area contributed by atoms with E-state index >= 15 is 0 Å². The van der Waals surface area contributed by atoms with Crippen molar-refractivity contribution in [2.45, 2.75) is 25.7 Å². The molecule has 1 saturated heterocycles. The van der Waals surface area contributed by atoms with Crippen molar-refractivity contribution in [1.29, 1.82) is 0 Å². The first kappa shape index (κ1) is 18.3. The van der Waals surface area contributed by atoms with Crippen LogP contribution in [0.25, 0.3) is 16.9 Å². The molecule has 1 aliphatic rings. The Balaban J connectivity index is 1.34. The Labute approximate surface area is 172 Å². The molecule has 0 saturated carbocycles. The van der Waals surface area contributed by atoms with Crippen LogP contribution in [0.3, 0.4) is 0 Å². The molecule has 150 valence electrons. The van der Waals surface area contributed by atoms with Crippen molar-refractivity contribution in [3.05, 3.63) is 66.3 Å². The molecule has 0 radical (unpaired) electrons. The summed E-state index contributed by atoms with van der Waals surface area (Å²) in [6, 6.07) is 7.71. The zero-order chi connectivity index (χ0) is 20.5. The van der Waals surface area contributed by atoms with E-state index in [0.29, 0.717) is 24.4 Å². The molecule has 4 aromatic heterocycles. The van der Waals surface area contributed by atoms with Gasteiger partial charge in [0, 0.05) is 43.2 Å². The van der Waals surface area contributed by atoms with Gasteiger partial charge in [-0.25, -0.2) is 4.98 Å². The molecule has 9 heteroatoms. The maximum absolute atomic E-state index is 12.7. The second-order valence-electron chi connectivity index (χ2n) is 7.40. The van der Waals surface area contributed by atoms with Gasteiger partial charge in [0.2, 0.25) is 0 Å². The van der Waals surface area contributed by atoms with Gasteiger partial charge in [0.15, 0.2) is 11.5 Å². The Morgan fingerprint density at radius 2 is 1.90 bits per heavy atom. The summed E-state index contributed by atoms with van der Waals surface area (Å²) < 4.78 is 1.82. The van der Waals surface area contributed by atoms with Crippen LogP contribution in [-0.4, -0.2) is 58.7 Å². The number of hydrogen-bond acceptors (Lipinski definition) is 7. The number of likely N-dealkylation sites (tertiary alicyclic amines) is 1. The Bertz CT molecular complexity index is 1180. The van der Waals surface area contributed by atoms with Gasteiger partial charge in [0.05, 0.1) is 17.6 Å². The fourth-order valence-electron chi connectivity index (χ4n) is 3.73. The molecule has 0 unspecified atom stereocenters. The summed E-state index contributed by atoms with van der Waals surface area (Å²) in [7, 11) is 0. The zero-order valence-corrected chi connectivity index (χ0v) is 16.5. The van der Waals surface area contributed by atoms with E-state index in [1.165, 1.54) is 0 Å². The molecule has 0 aliphatic carbocycles. The third kappa shape index (κ3) is 3.38. The summed E-state index contributed by atoms with van der Waals surface area (Å²) in [5.41, 5.74) is 3.66. The van der Waals surface area contributed by atoms with E-state index in [2.05, 4.69) is 25.1 Å². The molecule has 4 aromatic rings. The minimum atomic E-state index is -0.0796. The maximum Gasteiger partial charge on any atom is 0.274 e. The number of nitrogens with zero attached hydrogens (tertiary/aromatic N) is 8. The van der Waals surface area contributed by atoms with Gasteiger partial charge in [0.25, 0.3) is 5.91 Å². The van der Waals surface area contributed by atoms with Gasteiger partial charge in [0.1, 0.15) is 5.69 Å². The lowest BCUT2D eigenvalue weighted by molar-refractivity contribution is 0.0704. The third-order valence-corrected chi connectivity index (χ3v) is 5.39. The van der Waals surface area contributed by atoms with Crippen molar-refractivity contribution in [2.24, 2.45) is 0 Å². The minimum absolute atomic E-state index is 0.0796. The lowest BCUT2D eigenvalue weighted by atomic mass is 9.96. The molecule has 0 atom stereocenters. The van der Waals surface area contributed by atoms with Gasteiger partial charge in [-0.15, -0.1) is 10.2 Å². The van der Waals surface area contributed by atoms with Crippen LogP contribution in [0.15, 0.2) is 49.1 Å². The highest BCUT2D eigenvalue weighted by Crippen LogP contribution is 2.28. The first-order valence-corrected chi connectivity index (χ1v) is 9.90. The minimum Gasteiger partial charge on any atom is -0.337 e. The molecule has 5 heterocycles. The van der Waals surface area contributed by atoms with Crippen LogP contribution in [0.2, 0.25) is 0 Å². The Kier molecular flexibility index (Phi) is 4.62. The molecule has 0 aromatic carbocycles. The molecule has 9 nitrogen and oxygen atoms in total. The van der Waals surface area contributed by atoms with E-state index in [4.69, 9.17) is 5.10 Å². The van der Waals surface area contributed by atoms with E-state index < -0.39 is 0 Å². The third-order valence-electron chi connectivity index (χ3n) is 5.39. The standard InChI is InChI=1S/C21H20N8O/c1-14-11-24-18(13-23-14)21(30)28-9-6-15(7-10-28)20-26-25-19-5-4-17(27-29(19)20)16-3-2-8-22-12-16/h2-5,8,11-13,15H,6-7,9-10H2,1H3. The number of fused-ring (bicyclic) bond motifs is 1. The number of hydrogen-bond donors (Lipinski definition) is 0. The number of rotatable bonds is 3. The Morgan fingerprint density at radius 1 is 1.03 bits per heavy atom. The molecule has 1 fully saturated rings. The van der Waals surface area contributed by atoms with Crippen molar-refractivity contribution in [2.75, 3.05) is 13.1 Å². The molecule has 0 N–H and O–H groups in total. The largest absolute Gasteiger partial charge is 0.337 e. The van der Waals surface area contributed by atoms with E-state index in [-0.39, 0.29) is 11.8 Å². The number of carbonyl (C=O) groups excluding carboxylic acids is 1. The van der Waals surface area contributed by atoms with Crippen LogP contribution in [0, 0.1) is 6.92 Å². The lowest BCUT2D eigenvalue weighted by Crippen LogP contribution is -2.38. The van der Waals surface area contributed by atoms with E-state index in [1.807, 2.05) is 40.6 Å². The zero-order valence-electron chi connectivity index (χ0n) is 16.5. The predicted molar refractivity (Wildman–Crippen MR) is 109 cm³/mol. The van der Waals surface area contributed by atoms with Crippen molar-refractivity contribution >= 4 is 11.6 Å². The summed E-state index contributed by atoms with van der Waals surface area (Å²) in [6.07, 6.45) is 8.28. The van der Waals surface area contributed by atoms with Crippen LogP contribution in [-0.2, 0) is 0 Å². The van der Waals surface area contributed by atoms with Gasteiger partial charge in [-0.1, -0.05) is 0 Å². The van der Waals surface area contributed by atoms with Crippen molar-refractivity contribution < 1.29 is 4.79 Å². The van der Waals surface area contributed by atoms with Gasteiger partial charge in [-0.3, -0.25) is 14.8 Å². The second-order valence-corrected chi connectivity index (χ2v) is 7.40. The number of aromatic nitrogens is 7. The summed E-state index contributed by atoms with van der Waals surface area (Å²) in [6.45, 7) is 3.12. The highest BCUT2D eigenvalue weighted by atomic mass is 16.2. The highest BCUT2D eigenvalue weighted by Gasteiger charge is 2.28. The normalized spacial score (nSPS) is 14.9. The second kappa shape index (κ2) is 7.58. The van der Waals surface area contributed by atoms with Gasteiger partial charge < -0.3 is 4.90 Å². The quantitative estimate of drug-likeness (QED) is 0.520. The highest BCUT2D eigenvalue weighted by molar-refractivity contribution is 5.92. The first-order valence-electron chi connectivity index (χ1n) is 9.90. The fourth-order valence-corrected chi connectivity index (χ4v) is 3.73. The van der Waals surface area contributed by atoms with Crippen molar-refractivity contribution in [3.8, 4) is 11.3 Å². The van der Waals surface area contributed by atoms with Gasteiger partial charge in [-0.05, 0) is 44.0 Å². The average molecular weight is 400 g/mol. The summed E-state index contributed by atoms with van der Waals surface area (Å²) in [5, 5.41) is 13.4. The van der Waals surface area contributed by atoms with Crippen LogP contribution < -0.4 is 0 Å². The summed E-state index contributed by atoms with van der Waals surface area (Å²) in [5.74, 6) is 0.937. The monoisotopic (exact) mass is 400 g/mol. The molecule has 0 bridgehead atoms. The Morgan fingerprint density at radius 3 is 2.63 bits per heavy atom. The number of amides is 1. The van der Waals surface area contributed by atoms with Crippen molar-refractivity contribution in [3.63, 3.8) is 0 Å². The van der Waals surface area contributed by atoms with Crippen molar-refractivity contribution in [1.82, 2.24) is 39.7 Å². The molecule has 30 heavy (non-hydrogen) atoms. The smallest absolute Gasteiger partial charge is 0.274 e. The molecule has 0 spiro atoms. The number of aryl methyl sites for hydroxylation is 1. The summed E-state index contributed by atoms with van der Waals surface area (Å²) in [4.78, 5) is 27.1. The molecule has 1 amide bonds.